The van der Waals surface area contributed by atoms with Crippen molar-refractivity contribution in [1.82, 2.24) is 5.32 Å². The van der Waals surface area contributed by atoms with E-state index in [4.69, 9.17) is 14.0 Å². The van der Waals surface area contributed by atoms with Crippen LogP contribution < -0.4 is 5.32 Å². The number of aryl methyl sites for hydroxylation is 1. The van der Waals surface area contributed by atoms with Gasteiger partial charge in [0.05, 0.1) is 11.2 Å². The fourth-order valence-corrected chi connectivity index (χ4v) is 3.21. The van der Waals surface area contributed by atoms with Gasteiger partial charge in [-0.25, -0.2) is 4.79 Å². The van der Waals surface area contributed by atoms with Gasteiger partial charge < -0.3 is 19.4 Å². The van der Waals surface area contributed by atoms with E-state index in [0.29, 0.717) is 0 Å². The van der Waals surface area contributed by atoms with E-state index in [-0.39, 0.29) is 13.2 Å². The lowest BCUT2D eigenvalue weighted by Gasteiger charge is -2.32. The molecule has 1 amide bonds. The Morgan fingerprint density at radius 3 is 2.16 bits per heavy atom. The summed E-state index contributed by atoms with van der Waals surface area (Å²) in [6.45, 7) is 10.7. The zero-order valence-electron chi connectivity index (χ0n) is 19.1. The van der Waals surface area contributed by atoms with Crippen LogP contribution in [0.2, 0.25) is 0 Å². The van der Waals surface area contributed by atoms with E-state index in [0.717, 1.165) is 23.0 Å². The molecule has 1 fully saturated rings. The molecule has 0 bridgehead atoms. The summed E-state index contributed by atoms with van der Waals surface area (Å²) in [7, 11) is -0.551. The average Bonchev–Trinajstić information content (AvgIpc) is 2.97. The Labute approximate surface area is 185 Å². The van der Waals surface area contributed by atoms with Gasteiger partial charge in [-0.05, 0) is 56.3 Å². The van der Waals surface area contributed by atoms with Gasteiger partial charge in [0.15, 0.2) is 0 Å². The molecular weight excluding hydrogens is 389 g/mol. The van der Waals surface area contributed by atoms with Crippen molar-refractivity contribution in [2.24, 2.45) is 0 Å². The minimum absolute atomic E-state index is 0.223. The van der Waals surface area contributed by atoms with Gasteiger partial charge in [0.2, 0.25) is 0 Å². The fourth-order valence-electron chi connectivity index (χ4n) is 3.21. The van der Waals surface area contributed by atoms with Gasteiger partial charge in [0.25, 0.3) is 0 Å². The largest absolute Gasteiger partial charge is 0.492 e. The number of carbonyl (C=O) groups excluding carboxylic acids is 1. The Morgan fingerprint density at radius 1 is 0.968 bits per heavy atom. The first-order valence-corrected chi connectivity index (χ1v) is 10.8. The van der Waals surface area contributed by atoms with E-state index in [1.54, 1.807) is 0 Å². The maximum absolute atomic E-state index is 12.3. The fraction of sp³-hybridized carbons (Fsp3) is 0.400. The highest BCUT2D eigenvalue weighted by molar-refractivity contribution is 6.56. The van der Waals surface area contributed by atoms with E-state index >= 15 is 0 Å². The summed E-state index contributed by atoms with van der Waals surface area (Å²) in [6, 6.07) is 17.9. The molecule has 0 unspecified atom stereocenters. The molecule has 0 saturated carbocycles. The molecule has 31 heavy (non-hydrogen) atoms. The first-order chi connectivity index (χ1) is 14.7. The topological polar surface area (TPSA) is 56.8 Å². The van der Waals surface area contributed by atoms with Crippen LogP contribution in [0.25, 0.3) is 6.08 Å². The van der Waals surface area contributed by atoms with Crippen molar-refractivity contribution in [2.75, 3.05) is 6.54 Å². The second-order valence-corrected chi connectivity index (χ2v) is 8.82. The van der Waals surface area contributed by atoms with E-state index in [1.165, 1.54) is 5.56 Å². The monoisotopic (exact) mass is 421 g/mol. The molecule has 2 aromatic carbocycles. The molecule has 0 spiro atoms. The molecule has 0 aromatic heterocycles. The van der Waals surface area contributed by atoms with Gasteiger partial charge in [-0.15, -0.1) is 0 Å². The molecule has 2 aromatic rings. The lowest BCUT2D eigenvalue weighted by atomic mass is 9.77. The van der Waals surface area contributed by atoms with Crippen LogP contribution in [-0.2, 0) is 27.1 Å². The molecular formula is C25H32BNO4. The summed E-state index contributed by atoms with van der Waals surface area (Å²) >= 11 is 0. The Kier molecular flexibility index (Phi) is 7.24. The van der Waals surface area contributed by atoms with Crippen LogP contribution >= 0.6 is 0 Å². The number of nitrogens with one attached hydrogen (secondary N) is 1. The molecule has 1 heterocycles. The molecule has 0 atom stereocenters. The maximum Gasteiger partial charge on any atom is 0.492 e. The number of hydrogen-bond acceptors (Lipinski definition) is 4. The van der Waals surface area contributed by atoms with Crippen molar-refractivity contribution in [3.8, 4) is 0 Å². The maximum atomic E-state index is 12.3. The third kappa shape index (κ3) is 5.99. The van der Waals surface area contributed by atoms with Crippen molar-refractivity contribution in [3.63, 3.8) is 0 Å². The molecule has 1 saturated heterocycles. The second-order valence-electron chi connectivity index (χ2n) is 8.82. The molecule has 3 rings (SSSR count). The van der Waals surface area contributed by atoms with Crippen LogP contribution in [0, 0.1) is 0 Å². The SMILES string of the molecule is CCc1ccc(C=C(CNC(=O)OCc2ccccc2)B2OC(C)(C)C(C)(C)O2)cc1. The first-order valence-electron chi connectivity index (χ1n) is 10.8. The van der Waals surface area contributed by atoms with E-state index in [9.17, 15) is 4.79 Å². The molecule has 5 nitrogen and oxygen atoms in total. The Hall–Kier alpha value is -2.57. The quantitative estimate of drug-likeness (QED) is 0.626. The van der Waals surface area contributed by atoms with Gasteiger partial charge in [0, 0.05) is 6.54 Å². The normalized spacial score (nSPS) is 17.5. The van der Waals surface area contributed by atoms with E-state index < -0.39 is 24.4 Å². The number of rotatable bonds is 7. The second kappa shape index (κ2) is 9.71. The van der Waals surface area contributed by atoms with Crippen LogP contribution in [0.5, 0.6) is 0 Å². The zero-order chi connectivity index (χ0) is 22.5. The lowest BCUT2D eigenvalue weighted by molar-refractivity contribution is 0.00578. The van der Waals surface area contributed by atoms with Crippen LogP contribution in [0.4, 0.5) is 4.79 Å². The molecule has 1 aliphatic heterocycles. The molecule has 0 aliphatic carbocycles. The molecule has 6 heteroatoms. The minimum Gasteiger partial charge on any atom is -0.445 e. The molecule has 1 N–H and O–H groups in total. The number of ether oxygens (including phenoxy) is 1. The summed E-state index contributed by atoms with van der Waals surface area (Å²) in [5.74, 6) is 0. The third-order valence-corrected chi connectivity index (χ3v) is 5.95. The Balaban J connectivity index is 1.71. The Morgan fingerprint density at radius 2 is 1.58 bits per heavy atom. The first kappa shape index (κ1) is 23.1. The number of alkyl carbamates (subject to hydrolysis) is 1. The van der Waals surface area contributed by atoms with Crippen molar-refractivity contribution in [2.45, 2.75) is 58.8 Å². The van der Waals surface area contributed by atoms with Gasteiger partial charge in [-0.2, -0.15) is 0 Å². The van der Waals surface area contributed by atoms with Crippen molar-refractivity contribution in [3.05, 3.63) is 76.8 Å². The third-order valence-electron chi connectivity index (χ3n) is 5.95. The smallest absolute Gasteiger partial charge is 0.445 e. The van der Waals surface area contributed by atoms with Gasteiger partial charge in [0.1, 0.15) is 6.61 Å². The molecule has 0 radical (unpaired) electrons. The van der Waals surface area contributed by atoms with E-state index in [2.05, 4.69) is 36.5 Å². The number of amides is 1. The standard InChI is InChI=1S/C25H32BNO4/c1-6-19-12-14-20(15-13-19)16-22(26-30-24(2,3)25(4,5)31-26)17-27-23(28)29-18-21-10-8-7-9-11-21/h7-16H,6,17-18H2,1-5H3,(H,27,28). The molecule has 1 aliphatic rings. The van der Waals surface area contributed by atoms with Gasteiger partial charge >= 0.3 is 13.2 Å². The summed E-state index contributed by atoms with van der Waals surface area (Å²) in [5.41, 5.74) is 3.15. The predicted molar refractivity (Wildman–Crippen MR) is 125 cm³/mol. The van der Waals surface area contributed by atoms with Crippen LogP contribution in [0.1, 0.15) is 51.3 Å². The predicted octanol–water partition coefficient (Wildman–Crippen LogP) is 5.19. The van der Waals surface area contributed by atoms with Crippen LogP contribution in [0.3, 0.4) is 0 Å². The zero-order valence-corrected chi connectivity index (χ0v) is 19.1. The van der Waals surface area contributed by atoms with Crippen molar-refractivity contribution in [1.29, 1.82) is 0 Å². The van der Waals surface area contributed by atoms with E-state index in [1.807, 2.05) is 64.1 Å². The van der Waals surface area contributed by atoms with Crippen molar-refractivity contribution >= 4 is 19.3 Å². The minimum atomic E-state index is -0.551. The van der Waals surface area contributed by atoms with Gasteiger partial charge in [-0.3, -0.25) is 0 Å². The average molecular weight is 421 g/mol. The summed E-state index contributed by atoms with van der Waals surface area (Å²) in [6.07, 6.45) is 2.52. The number of hydrogen-bond donors (Lipinski definition) is 1. The summed E-state index contributed by atoms with van der Waals surface area (Å²) in [4.78, 5) is 12.3. The van der Waals surface area contributed by atoms with Gasteiger partial charge in [-0.1, -0.05) is 67.6 Å². The highest BCUT2D eigenvalue weighted by atomic mass is 16.7. The Bertz CT molecular complexity index is 891. The summed E-state index contributed by atoms with van der Waals surface area (Å²) in [5, 5.41) is 2.84. The number of benzene rings is 2. The van der Waals surface area contributed by atoms with Crippen LogP contribution in [-0.4, -0.2) is 31.0 Å². The van der Waals surface area contributed by atoms with Crippen molar-refractivity contribution < 1.29 is 18.8 Å². The highest BCUT2D eigenvalue weighted by Crippen LogP contribution is 2.38. The molecule has 164 valence electrons. The summed E-state index contributed by atoms with van der Waals surface area (Å²) < 4.78 is 17.8. The van der Waals surface area contributed by atoms with Crippen LogP contribution in [0.15, 0.2) is 60.1 Å². The highest BCUT2D eigenvalue weighted by Gasteiger charge is 2.52. The number of carbonyl (C=O) groups is 1. The lowest BCUT2D eigenvalue weighted by Crippen LogP contribution is -2.41.